The van der Waals surface area contributed by atoms with Crippen LogP contribution in [0.5, 0.6) is 0 Å². The summed E-state index contributed by atoms with van der Waals surface area (Å²) < 4.78 is 1.98. The summed E-state index contributed by atoms with van der Waals surface area (Å²) in [5.41, 5.74) is 2.04. The van der Waals surface area contributed by atoms with Crippen LogP contribution in [0.3, 0.4) is 0 Å². The van der Waals surface area contributed by atoms with Crippen molar-refractivity contribution in [2.75, 3.05) is 19.6 Å². The van der Waals surface area contributed by atoms with Crippen molar-refractivity contribution in [2.24, 2.45) is 0 Å². The molecule has 0 saturated carbocycles. The number of amides is 1. The minimum absolute atomic E-state index is 0.0377. The maximum Gasteiger partial charge on any atom is 0.234 e. The van der Waals surface area contributed by atoms with E-state index >= 15 is 0 Å². The van der Waals surface area contributed by atoms with Gasteiger partial charge in [0, 0.05) is 25.5 Å². The van der Waals surface area contributed by atoms with Gasteiger partial charge in [-0.2, -0.15) is 5.10 Å². The van der Waals surface area contributed by atoms with Crippen LogP contribution < -0.4 is 5.32 Å². The Morgan fingerprint density at radius 3 is 2.95 bits per heavy atom. The van der Waals surface area contributed by atoms with Gasteiger partial charge in [0.25, 0.3) is 0 Å². The van der Waals surface area contributed by atoms with Gasteiger partial charge in [-0.05, 0) is 24.6 Å². The molecule has 2 aromatic heterocycles. The maximum atomic E-state index is 11.9. The summed E-state index contributed by atoms with van der Waals surface area (Å²) in [6.07, 6.45) is 5.64. The maximum absolute atomic E-state index is 11.9. The van der Waals surface area contributed by atoms with Crippen LogP contribution in [0, 0.1) is 6.92 Å². The number of carbonyl (C=O) groups is 1. The smallest absolute Gasteiger partial charge is 0.234 e. The highest BCUT2D eigenvalue weighted by atomic mass is 16.2. The molecule has 1 saturated heterocycles. The molecule has 1 fully saturated rings. The molecule has 0 radical (unpaired) electrons. The number of carbonyl (C=O) groups excluding carboxylic acids is 1. The van der Waals surface area contributed by atoms with Gasteiger partial charge >= 0.3 is 0 Å². The minimum atomic E-state index is 0.0377. The molecule has 0 spiro atoms. The molecule has 6 nitrogen and oxygen atoms in total. The van der Waals surface area contributed by atoms with E-state index in [1.54, 1.807) is 6.20 Å². The fourth-order valence-corrected chi connectivity index (χ4v) is 2.42. The van der Waals surface area contributed by atoms with Crippen molar-refractivity contribution < 1.29 is 4.79 Å². The Morgan fingerprint density at radius 2 is 2.29 bits per heavy atom. The van der Waals surface area contributed by atoms with Crippen LogP contribution in [-0.4, -0.2) is 45.2 Å². The van der Waals surface area contributed by atoms with Crippen LogP contribution in [0.2, 0.25) is 0 Å². The van der Waals surface area contributed by atoms with E-state index in [0.29, 0.717) is 19.1 Å². The topological polar surface area (TPSA) is 63.1 Å². The van der Waals surface area contributed by atoms with Gasteiger partial charge in [-0.1, -0.05) is 6.07 Å². The zero-order chi connectivity index (χ0) is 14.7. The lowest BCUT2D eigenvalue weighted by Crippen LogP contribution is -2.51. The standard InChI is InChI=1S/C15H19N5O/c1-12-6-18-20(8-12)14-9-19(10-14)11-15(21)17-7-13-4-2-3-5-16-13/h2-6,8,14H,7,9-11H2,1H3,(H,17,21). The molecule has 21 heavy (non-hydrogen) atoms. The molecule has 0 bridgehead atoms. The van der Waals surface area contributed by atoms with Crippen LogP contribution in [0.25, 0.3) is 0 Å². The second kappa shape index (κ2) is 6.05. The molecule has 0 unspecified atom stereocenters. The number of rotatable bonds is 5. The molecule has 1 amide bonds. The van der Waals surface area contributed by atoms with Gasteiger partial charge in [-0.15, -0.1) is 0 Å². The van der Waals surface area contributed by atoms with Crippen LogP contribution in [0.15, 0.2) is 36.8 Å². The molecular weight excluding hydrogens is 266 g/mol. The van der Waals surface area contributed by atoms with E-state index in [4.69, 9.17) is 0 Å². The third-order valence-electron chi connectivity index (χ3n) is 3.60. The van der Waals surface area contributed by atoms with E-state index in [-0.39, 0.29) is 5.91 Å². The Hall–Kier alpha value is -2.21. The summed E-state index contributed by atoms with van der Waals surface area (Å²) in [5, 5.41) is 7.20. The second-order valence-electron chi connectivity index (χ2n) is 5.44. The highest BCUT2D eigenvalue weighted by Crippen LogP contribution is 2.19. The summed E-state index contributed by atoms with van der Waals surface area (Å²) in [6.45, 7) is 4.69. The first-order valence-corrected chi connectivity index (χ1v) is 7.10. The van der Waals surface area contributed by atoms with Crippen LogP contribution >= 0.6 is 0 Å². The first-order chi connectivity index (χ1) is 10.2. The zero-order valence-electron chi connectivity index (χ0n) is 12.1. The molecule has 110 valence electrons. The summed E-state index contributed by atoms with van der Waals surface area (Å²) >= 11 is 0. The first-order valence-electron chi connectivity index (χ1n) is 7.10. The molecule has 1 aliphatic rings. The van der Waals surface area contributed by atoms with Gasteiger partial charge in [0.2, 0.25) is 5.91 Å². The summed E-state index contributed by atoms with van der Waals surface area (Å²) in [5.74, 6) is 0.0377. The lowest BCUT2D eigenvalue weighted by atomic mass is 10.1. The van der Waals surface area contributed by atoms with Gasteiger partial charge in [-0.25, -0.2) is 0 Å². The quantitative estimate of drug-likeness (QED) is 0.881. The predicted octanol–water partition coefficient (Wildman–Crippen LogP) is 0.760. The van der Waals surface area contributed by atoms with E-state index in [9.17, 15) is 4.79 Å². The molecule has 1 aliphatic heterocycles. The van der Waals surface area contributed by atoms with Crippen LogP contribution in [0.1, 0.15) is 17.3 Å². The average Bonchev–Trinajstić information content (AvgIpc) is 2.87. The highest BCUT2D eigenvalue weighted by molar-refractivity contribution is 5.78. The Morgan fingerprint density at radius 1 is 1.43 bits per heavy atom. The largest absolute Gasteiger partial charge is 0.349 e. The molecule has 6 heteroatoms. The van der Waals surface area contributed by atoms with Crippen LogP contribution in [0.4, 0.5) is 0 Å². The number of nitrogens with zero attached hydrogens (tertiary/aromatic N) is 4. The Kier molecular flexibility index (Phi) is 3.96. The van der Waals surface area contributed by atoms with Crippen molar-refractivity contribution in [2.45, 2.75) is 19.5 Å². The fourth-order valence-electron chi connectivity index (χ4n) is 2.42. The van der Waals surface area contributed by atoms with E-state index in [0.717, 1.165) is 18.8 Å². The molecule has 2 aromatic rings. The van der Waals surface area contributed by atoms with Gasteiger partial charge < -0.3 is 5.32 Å². The average molecular weight is 285 g/mol. The third-order valence-corrected chi connectivity index (χ3v) is 3.60. The molecule has 3 heterocycles. The van der Waals surface area contributed by atoms with E-state index < -0.39 is 0 Å². The fraction of sp³-hybridized carbons (Fsp3) is 0.400. The number of aryl methyl sites for hydroxylation is 1. The number of hydrogen-bond acceptors (Lipinski definition) is 4. The third kappa shape index (κ3) is 3.46. The molecule has 3 rings (SSSR count). The molecule has 0 aliphatic carbocycles. The highest BCUT2D eigenvalue weighted by Gasteiger charge is 2.29. The molecular formula is C15H19N5O. The second-order valence-corrected chi connectivity index (χ2v) is 5.44. The Balaban J connectivity index is 1.39. The van der Waals surface area contributed by atoms with Gasteiger partial charge in [0.15, 0.2) is 0 Å². The number of aromatic nitrogens is 3. The number of nitrogens with one attached hydrogen (secondary N) is 1. The van der Waals surface area contributed by atoms with Crippen molar-refractivity contribution in [3.63, 3.8) is 0 Å². The van der Waals surface area contributed by atoms with Crippen molar-refractivity contribution in [1.82, 2.24) is 25.0 Å². The van der Waals surface area contributed by atoms with Crippen molar-refractivity contribution >= 4 is 5.91 Å². The normalized spacial score (nSPS) is 15.7. The molecule has 0 aromatic carbocycles. The van der Waals surface area contributed by atoms with E-state index in [1.165, 1.54) is 5.56 Å². The lowest BCUT2D eigenvalue weighted by molar-refractivity contribution is -0.123. The van der Waals surface area contributed by atoms with Crippen LogP contribution in [-0.2, 0) is 11.3 Å². The Bertz CT molecular complexity index is 604. The first kappa shape index (κ1) is 13.8. The summed E-state index contributed by atoms with van der Waals surface area (Å²) in [7, 11) is 0. The molecule has 0 atom stereocenters. The van der Waals surface area contributed by atoms with Crippen molar-refractivity contribution in [1.29, 1.82) is 0 Å². The van der Waals surface area contributed by atoms with E-state index in [2.05, 4.69) is 20.3 Å². The number of likely N-dealkylation sites (tertiary alicyclic amines) is 1. The van der Waals surface area contributed by atoms with E-state index in [1.807, 2.05) is 42.2 Å². The Labute approximate surface area is 123 Å². The van der Waals surface area contributed by atoms with Crippen molar-refractivity contribution in [3.05, 3.63) is 48.0 Å². The van der Waals surface area contributed by atoms with Crippen molar-refractivity contribution in [3.8, 4) is 0 Å². The number of pyridine rings is 1. The van der Waals surface area contributed by atoms with Gasteiger partial charge in [-0.3, -0.25) is 19.4 Å². The minimum Gasteiger partial charge on any atom is -0.349 e. The monoisotopic (exact) mass is 285 g/mol. The molecule has 1 N–H and O–H groups in total. The SMILES string of the molecule is Cc1cnn(C2CN(CC(=O)NCc3ccccn3)C2)c1. The summed E-state index contributed by atoms with van der Waals surface area (Å²) in [4.78, 5) is 18.2. The zero-order valence-corrected chi connectivity index (χ0v) is 12.1. The summed E-state index contributed by atoms with van der Waals surface area (Å²) in [6, 6.07) is 6.07. The van der Waals surface area contributed by atoms with Gasteiger partial charge in [0.05, 0.1) is 31.0 Å². The lowest BCUT2D eigenvalue weighted by Gasteiger charge is -2.38. The van der Waals surface area contributed by atoms with Gasteiger partial charge in [0.1, 0.15) is 0 Å². The predicted molar refractivity (Wildman–Crippen MR) is 78.5 cm³/mol. The number of hydrogen-bond donors (Lipinski definition) is 1.